The van der Waals surface area contributed by atoms with Gasteiger partial charge in [0.05, 0.1) is 12.1 Å². The highest BCUT2D eigenvalue weighted by Gasteiger charge is 2.20. The Bertz CT molecular complexity index is 779. The number of urea groups is 1. The molecule has 0 saturated carbocycles. The second-order valence-corrected chi connectivity index (χ2v) is 4.56. The zero-order chi connectivity index (χ0) is 15.7. The van der Waals surface area contributed by atoms with E-state index >= 15 is 0 Å². The number of carbonyl (C=O) groups is 2. The van der Waals surface area contributed by atoms with Crippen LogP contribution in [0.5, 0.6) is 11.5 Å². The molecule has 1 aromatic heterocycles. The molecule has 1 aliphatic rings. The van der Waals surface area contributed by atoms with Crippen molar-refractivity contribution in [3.05, 3.63) is 47.4 Å². The number of rotatable bonds is 3. The van der Waals surface area contributed by atoms with Crippen molar-refractivity contribution in [2.45, 2.75) is 6.54 Å². The fourth-order valence-electron chi connectivity index (χ4n) is 2.02. The number of hydrogen-bond acceptors (Lipinski definition) is 4. The van der Waals surface area contributed by atoms with Crippen LogP contribution in [0.15, 0.2) is 30.5 Å². The minimum Gasteiger partial charge on any atom is -0.454 e. The predicted octanol–water partition coefficient (Wildman–Crippen LogP) is 1.75. The topological polar surface area (TPSA) is 106 Å². The average Bonchev–Trinajstić information content (AvgIpc) is 2.49. The summed E-state index contributed by atoms with van der Waals surface area (Å²) in [6.07, 6.45) is 1.44. The van der Waals surface area contributed by atoms with Crippen molar-refractivity contribution in [3.8, 4) is 11.5 Å². The van der Waals surface area contributed by atoms with Gasteiger partial charge in [0.15, 0.2) is 11.6 Å². The molecule has 2 heterocycles. The van der Waals surface area contributed by atoms with Crippen molar-refractivity contribution < 1.29 is 18.7 Å². The summed E-state index contributed by atoms with van der Waals surface area (Å²) in [7, 11) is 0. The fraction of sp³-hybridized carbons (Fsp3) is 0.0714. The number of hydrogen-bond donors (Lipinski definition) is 3. The van der Waals surface area contributed by atoms with E-state index in [4.69, 9.17) is 10.5 Å². The van der Waals surface area contributed by atoms with E-state index in [0.717, 1.165) is 6.07 Å². The summed E-state index contributed by atoms with van der Waals surface area (Å²) in [5.41, 5.74) is 5.74. The molecule has 22 heavy (non-hydrogen) atoms. The molecule has 0 radical (unpaired) electrons. The number of nitrogens with two attached hydrogens (primary N) is 1. The van der Waals surface area contributed by atoms with E-state index in [1.807, 2.05) is 0 Å². The van der Waals surface area contributed by atoms with Gasteiger partial charge in [-0.2, -0.15) is 0 Å². The first-order valence-corrected chi connectivity index (χ1v) is 6.34. The second kappa shape index (κ2) is 5.32. The molecule has 0 fully saturated rings. The molecule has 0 unspecified atom stereocenters. The monoisotopic (exact) mass is 302 g/mol. The van der Waals surface area contributed by atoms with Crippen LogP contribution in [0.1, 0.15) is 15.9 Å². The SMILES string of the molecule is NC(=O)c1ccc(Oc2ccnc3c2CNC(=O)N3)c(F)c1. The smallest absolute Gasteiger partial charge is 0.320 e. The Kier molecular flexibility index (Phi) is 3.34. The third-order valence-electron chi connectivity index (χ3n) is 3.11. The highest BCUT2D eigenvalue weighted by atomic mass is 19.1. The zero-order valence-electron chi connectivity index (χ0n) is 11.2. The van der Waals surface area contributed by atoms with Crippen molar-refractivity contribution in [1.82, 2.24) is 10.3 Å². The van der Waals surface area contributed by atoms with Gasteiger partial charge in [-0.3, -0.25) is 10.1 Å². The predicted molar refractivity (Wildman–Crippen MR) is 75.1 cm³/mol. The molecule has 0 atom stereocenters. The number of anilines is 1. The molecule has 7 nitrogen and oxygen atoms in total. The average molecular weight is 302 g/mol. The molecule has 0 aliphatic carbocycles. The highest BCUT2D eigenvalue weighted by molar-refractivity contribution is 5.93. The normalized spacial score (nSPS) is 12.9. The number of primary amides is 1. The number of nitrogens with one attached hydrogen (secondary N) is 2. The number of aromatic nitrogens is 1. The molecule has 1 aliphatic heterocycles. The molecular weight excluding hydrogens is 291 g/mol. The Hall–Kier alpha value is -3.16. The number of amides is 3. The van der Waals surface area contributed by atoms with Crippen LogP contribution in [0.4, 0.5) is 15.0 Å². The van der Waals surface area contributed by atoms with E-state index in [9.17, 15) is 14.0 Å². The Labute approximate surface area is 124 Å². The summed E-state index contributed by atoms with van der Waals surface area (Å²) in [6.45, 7) is 0.214. The van der Waals surface area contributed by atoms with Crippen LogP contribution >= 0.6 is 0 Å². The van der Waals surface area contributed by atoms with Crippen LogP contribution in [-0.2, 0) is 6.54 Å². The lowest BCUT2D eigenvalue weighted by molar-refractivity contribution is 0.1000. The number of benzene rings is 1. The van der Waals surface area contributed by atoms with Crippen molar-refractivity contribution >= 4 is 17.8 Å². The van der Waals surface area contributed by atoms with Crippen molar-refractivity contribution in [3.63, 3.8) is 0 Å². The van der Waals surface area contributed by atoms with Gasteiger partial charge in [-0.1, -0.05) is 0 Å². The number of ether oxygens (including phenoxy) is 1. The molecule has 1 aromatic carbocycles. The number of carbonyl (C=O) groups excluding carboxylic acids is 2. The van der Waals surface area contributed by atoms with Crippen molar-refractivity contribution in [2.75, 3.05) is 5.32 Å². The molecule has 3 amide bonds. The molecule has 8 heteroatoms. The van der Waals surface area contributed by atoms with Gasteiger partial charge in [-0.05, 0) is 24.3 Å². The van der Waals surface area contributed by atoms with E-state index in [1.54, 1.807) is 6.07 Å². The summed E-state index contributed by atoms with van der Waals surface area (Å²) in [4.78, 5) is 26.3. The van der Waals surface area contributed by atoms with Gasteiger partial charge in [0.25, 0.3) is 0 Å². The number of halogens is 1. The van der Waals surface area contributed by atoms with Crippen LogP contribution in [0.3, 0.4) is 0 Å². The third-order valence-corrected chi connectivity index (χ3v) is 3.11. The Morgan fingerprint density at radius 2 is 2.14 bits per heavy atom. The van der Waals surface area contributed by atoms with Gasteiger partial charge in [0.1, 0.15) is 11.6 Å². The maximum Gasteiger partial charge on any atom is 0.320 e. The number of fused-ring (bicyclic) bond motifs is 1. The van der Waals surface area contributed by atoms with Gasteiger partial charge in [-0.15, -0.1) is 0 Å². The standard InChI is InChI=1S/C14H11FN4O3/c15-9-5-7(12(16)20)1-2-11(9)22-10-3-4-17-13-8(10)6-18-14(21)19-13/h1-5H,6H2,(H2,16,20)(H2,17,18,19,21). The minimum atomic E-state index is -0.723. The summed E-state index contributed by atoms with van der Waals surface area (Å²) in [5.74, 6) is -0.790. The lowest BCUT2D eigenvalue weighted by Crippen LogP contribution is -2.34. The fourth-order valence-corrected chi connectivity index (χ4v) is 2.02. The van der Waals surface area contributed by atoms with E-state index in [2.05, 4.69) is 15.6 Å². The molecular formula is C14H11FN4O3. The highest BCUT2D eigenvalue weighted by Crippen LogP contribution is 2.32. The van der Waals surface area contributed by atoms with Crippen molar-refractivity contribution in [1.29, 1.82) is 0 Å². The lowest BCUT2D eigenvalue weighted by atomic mass is 10.2. The summed E-state index contributed by atoms with van der Waals surface area (Å²) in [6, 6.07) is 4.88. The van der Waals surface area contributed by atoms with Crippen LogP contribution in [0.25, 0.3) is 0 Å². The molecule has 4 N–H and O–H groups in total. The van der Waals surface area contributed by atoms with Gasteiger partial charge in [0.2, 0.25) is 5.91 Å². The van der Waals surface area contributed by atoms with E-state index in [0.29, 0.717) is 17.1 Å². The summed E-state index contributed by atoms with van der Waals surface area (Å²) in [5, 5.41) is 5.11. The molecule has 0 spiro atoms. The largest absolute Gasteiger partial charge is 0.454 e. The van der Waals surface area contributed by atoms with Gasteiger partial charge in [-0.25, -0.2) is 14.2 Å². The molecule has 3 rings (SSSR count). The minimum absolute atomic E-state index is 0.0514. The number of pyridine rings is 1. The lowest BCUT2D eigenvalue weighted by Gasteiger charge is -2.20. The maximum absolute atomic E-state index is 14.0. The van der Waals surface area contributed by atoms with E-state index in [1.165, 1.54) is 18.3 Å². The van der Waals surface area contributed by atoms with Crippen LogP contribution in [-0.4, -0.2) is 16.9 Å². The van der Waals surface area contributed by atoms with Crippen molar-refractivity contribution in [2.24, 2.45) is 5.73 Å². The number of nitrogens with zero attached hydrogens (tertiary/aromatic N) is 1. The first-order valence-electron chi connectivity index (χ1n) is 6.34. The van der Waals surface area contributed by atoms with Crippen LogP contribution in [0, 0.1) is 5.82 Å². The van der Waals surface area contributed by atoms with Crippen LogP contribution < -0.4 is 21.1 Å². The summed E-state index contributed by atoms with van der Waals surface area (Å²) >= 11 is 0. The van der Waals surface area contributed by atoms with Gasteiger partial charge >= 0.3 is 6.03 Å². The molecule has 112 valence electrons. The van der Waals surface area contributed by atoms with E-state index < -0.39 is 11.7 Å². The Morgan fingerprint density at radius 3 is 2.86 bits per heavy atom. The first-order chi connectivity index (χ1) is 10.5. The molecule has 0 bridgehead atoms. The molecule has 0 saturated heterocycles. The zero-order valence-corrected chi connectivity index (χ0v) is 11.2. The van der Waals surface area contributed by atoms with Crippen LogP contribution in [0.2, 0.25) is 0 Å². The Morgan fingerprint density at radius 1 is 1.32 bits per heavy atom. The first kappa shape index (κ1) is 13.8. The second-order valence-electron chi connectivity index (χ2n) is 4.56. The molecule has 2 aromatic rings. The summed E-state index contributed by atoms with van der Waals surface area (Å²) < 4.78 is 19.5. The quantitative estimate of drug-likeness (QED) is 0.803. The maximum atomic E-state index is 14.0. The Balaban J connectivity index is 1.93. The third kappa shape index (κ3) is 2.53. The van der Waals surface area contributed by atoms with Gasteiger partial charge in [0, 0.05) is 11.8 Å². The van der Waals surface area contributed by atoms with E-state index in [-0.39, 0.29) is 23.9 Å². The van der Waals surface area contributed by atoms with Gasteiger partial charge < -0.3 is 15.8 Å².